The molecule has 0 saturated heterocycles. The Balaban J connectivity index is 0.000000445. The molecule has 0 fully saturated rings. The summed E-state index contributed by atoms with van der Waals surface area (Å²) in [5.41, 5.74) is 14.4. The van der Waals surface area contributed by atoms with Crippen LogP contribution in [0.2, 0.25) is 0 Å². The van der Waals surface area contributed by atoms with Gasteiger partial charge in [-0.25, -0.2) is 0 Å². The third-order valence-corrected chi connectivity index (χ3v) is 11.7. The average molecular weight is 986 g/mol. The number of rotatable bonds is 10. The zero-order chi connectivity index (χ0) is 41.8. The van der Waals surface area contributed by atoms with E-state index in [1.165, 1.54) is 66.4 Å². The van der Waals surface area contributed by atoms with E-state index in [4.69, 9.17) is 4.98 Å². The van der Waals surface area contributed by atoms with E-state index in [2.05, 4.69) is 177 Å². The third kappa shape index (κ3) is 9.48. The first-order valence-electron chi connectivity index (χ1n) is 20.7. The average Bonchev–Trinajstić information content (AvgIpc) is 3.85. The van der Waals surface area contributed by atoms with E-state index >= 15 is 0 Å². The number of fused-ring (bicyclic) bond motifs is 2. The second-order valence-corrected chi connectivity index (χ2v) is 17.3. The van der Waals surface area contributed by atoms with Gasteiger partial charge in [0.15, 0.2) is 5.78 Å². The van der Waals surface area contributed by atoms with Crippen molar-refractivity contribution in [2.75, 3.05) is 0 Å². The largest absolute Gasteiger partial charge is 0.512 e. The van der Waals surface area contributed by atoms with E-state index in [0.29, 0.717) is 11.8 Å². The SMILES string of the molecule is CC(C)C(=O)/C=C(\O)C(C)C.CC(C)c1cc(-c2ccccc2)cc(C(C)C)c1-n1c(-c2[c-]sc3ccc(-c4ccc(-c5ccccc5)cc4)cc23)nc2ccccc21.[Ir]. The molecule has 307 valence electrons. The molecular weight excluding hydrogens is 933 g/mol. The molecule has 2 aromatic heterocycles. The smallest absolute Gasteiger partial charge is 0.161 e. The summed E-state index contributed by atoms with van der Waals surface area (Å²) in [6.07, 6.45) is 1.31. The topological polar surface area (TPSA) is 55.1 Å². The molecular formula is C54H53IrN2O2S-. The molecule has 0 aliphatic heterocycles. The summed E-state index contributed by atoms with van der Waals surface area (Å²) in [6.45, 7) is 16.5. The van der Waals surface area contributed by atoms with Crippen LogP contribution in [-0.4, -0.2) is 20.4 Å². The molecule has 0 amide bonds. The van der Waals surface area contributed by atoms with E-state index in [0.717, 1.165) is 22.4 Å². The first kappa shape index (κ1) is 44.2. The van der Waals surface area contributed by atoms with Crippen molar-refractivity contribution >= 4 is 38.2 Å². The Labute approximate surface area is 373 Å². The molecule has 0 atom stereocenters. The summed E-state index contributed by atoms with van der Waals surface area (Å²) in [5.74, 6) is 1.72. The minimum Gasteiger partial charge on any atom is -0.512 e. The molecule has 8 aromatic rings. The number of hydrogen-bond donors (Lipinski definition) is 1. The van der Waals surface area contributed by atoms with E-state index in [1.807, 2.05) is 27.7 Å². The van der Waals surface area contributed by atoms with Crippen molar-refractivity contribution in [3.63, 3.8) is 0 Å². The number of carbonyl (C=O) groups is 1. The number of aromatic nitrogens is 2. The fourth-order valence-electron chi connectivity index (χ4n) is 7.32. The summed E-state index contributed by atoms with van der Waals surface area (Å²) >= 11 is 1.67. The summed E-state index contributed by atoms with van der Waals surface area (Å²) in [5, 5.41) is 14.1. The van der Waals surface area contributed by atoms with Gasteiger partial charge >= 0.3 is 0 Å². The molecule has 1 radical (unpaired) electrons. The molecule has 1 N–H and O–H groups in total. The summed E-state index contributed by atoms with van der Waals surface area (Å²) in [6, 6.07) is 50.3. The maximum atomic E-state index is 11.0. The van der Waals surface area contributed by atoms with Crippen LogP contribution in [0.25, 0.3) is 71.6 Å². The van der Waals surface area contributed by atoms with Gasteiger partial charge in [-0.3, -0.25) is 21.1 Å². The van der Waals surface area contributed by atoms with Crippen LogP contribution in [0.5, 0.6) is 0 Å². The predicted octanol–water partition coefficient (Wildman–Crippen LogP) is 15.3. The van der Waals surface area contributed by atoms with Crippen molar-refractivity contribution < 1.29 is 30.0 Å². The van der Waals surface area contributed by atoms with Gasteiger partial charge in [0.05, 0.1) is 22.6 Å². The number of aliphatic hydroxyl groups is 1. The van der Waals surface area contributed by atoms with Gasteiger partial charge in [0, 0.05) is 43.7 Å². The minimum atomic E-state index is -0.0316. The second-order valence-electron chi connectivity index (χ2n) is 16.5. The van der Waals surface area contributed by atoms with Crippen molar-refractivity contribution in [2.24, 2.45) is 11.8 Å². The number of carbonyl (C=O) groups excluding carboxylic acids is 1. The standard InChI is InChI=1S/C45H37N2S.C9H16O2.Ir/c1-29(2)37-26-36(32-15-9-6-10-16-32)27-38(30(3)4)44(37)47-42-18-12-11-17-41(42)46-45(47)40-28-48-43-24-23-35(25-39(40)43)34-21-19-33(20-22-34)31-13-7-5-8-14-31;1-6(2)8(10)5-9(11)7(3)4;/h5-27,29-30H,1-4H3;5-7,10H,1-4H3;/q-1;;/b;8-5-;. The monoisotopic (exact) mass is 986 g/mol. The van der Waals surface area contributed by atoms with Gasteiger partial charge in [-0.15, -0.1) is 5.39 Å². The fourth-order valence-corrected chi connectivity index (χ4v) is 8.14. The number of nitrogens with zero attached hydrogens (tertiary/aromatic N) is 2. The zero-order valence-electron chi connectivity index (χ0n) is 35.7. The van der Waals surface area contributed by atoms with Gasteiger partial charge in [-0.1, -0.05) is 186 Å². The van der Waals surface area contributed by atoms with Crippen LogP contribution in [0.4, 0.5) is 0 Å². The molecule has 0 saturated carbocycles. The first-order valence-corrected chi connectivity index (χ1v) is 21.5. The maximum Gasteiger partial charge on any atom is 0.161 e. The molecule has 0 aliphatic carbocycles. The van der Waals surface area contributed by atoms with Crippen molar-refractivity contribution in [3.8, 4) is 50.5 Å². The van der Waals surface area contributed by atoms with Gasteiger partial charge in [-0.2, -0.15) is 0 Å². The normalized spacial score (nSPS) is 11.7. The summed E-state index contributed by atoms with van der Waals surface area (Å²) in [4.78, 5) is 16.4. The number of allylic oxidation sites excluding steroid dienone is 2. The number of ketones is 1. The Morgan fingerprint density at radius 3 is 1.67 bits per heavy atom. The molecule has 0 spiro atoms. The van der Waals surface area contributed by atoms with E-state index in [-0.39, 0.29) is 43.5 Å². The third-order valence-electron chi connectivity index (χ3n) is 10.8. The van der Waals surface area contributed by atoms with Gasteiger partial charge in [0.1, 0.15) is 0 Å². The Bertz CT molecular complexity index is 2710. The quantitative estimate of drug-likeness (QED) is 0.0844. The second kappa shape index (κ2) is 19.3. The van der Waals surface area contributed by atoms with Crippen LogP contribution < -0.4 is 0 Å². The molecule has 6 aromatic carbocycles. The first-order chi connectivity index (χ1) is 28.4. The summed E-state index contributed by atoms with van der Waals surface area (Å²) in [7, 11) is 0. The molecule has 8 rings (SSSR count). The molecule has 60 heavy (non-hydrogen) atoms. The van der Waals surface area contributed by atoms with Crippen molar-refractivity contribution in [2.45, 2.75) is 67.2 Å². The maximum absolute atomic E-state index is 11.0. The van der Waals surface area contributed by atoms with Gasteiger partial charge in [0.25, 0.3) is 0 Å². The van der Waals surface area contributed by atoms with Crippen LogP contribution >= 0.6 is 11.3 Å². The Hall–Kier alpha value is -5.39. The number of benzene rings is 6. The molecule has 4 nitrogen and oxygen atoms in total. The van der Waals surface area contributed by atoms with E-state index in [1.54, 1.807) is 11.3 Å². The van der Waals surface area contributed by atoms with Crippen LogP contribution in [0.3, 0.4) is 0 Å². The molecule has 6 heteroatoms. The summed E-state index contributed by atoms with van der Waals surface area (Å²) < 4.78 is 3.63. The van der Waals surface area contributed by atoms with E-state index in [9.17, 15) is 9.90 Å². The van der Waals surface area contributed by atoms with Gasteiger partial charge in [-0.05, 0) is 80.6 Å². The molecule has 0 unspecified atom stereocenters. The van der Waals surface area contributed by atoms with Crippen LogP contribution in [0.15, 0.2) is 151 Å². The molecule has 2 heterocycles. The van der Waals surface area contributed by atoms with Crippen LogP contribution in [0, 0.1) is 17.2 Å². The Morgan fingerprint density at radius 2 is 1.12 bits per heavy atom. The number of imidazole rings is 1. The van der Waals surface area contributed by atoms with Crippen molar-refractivity contribution in [3.05, 3.63) is 168 Å². The van der Waals surface area contributed by atoms with Crippen molar-refractivity contribution in [1.82, 2.24) is 9.55 Å². The molecule has 0 bridgehead atoms. The number of thiophene rings is 1. The number of hydrogen-bond acceptors (Lipinski definition) is 4. The minimum absolute atomic E-state index is 0. The number of aliphatic hydroxyl groups excluding tert-OH is 1. The van der Waals surface area contributed by atoms with Crippen LogP contribution in [-0.2, 0) is 24.9 Å². The zero-order valence-corrected chi connectivity index (χ0v) is 38.9. The fraction of sp³-hybridized carbons (Fsp3) is 0.222. The van der Waals surface area contributed by atoms with E-state index < -0.39 is 0 Å². The van der Waals surface area contributed by atoms with Crippen molar-refractivity contribution in [1.29, 1.82) is 0 Å². The number of para-hydroxylation sites is 2. The molecule has 0 aliphatic rings. The predicted molar refractivity (Wildman–Crippen MR) is 251 cm³/mol. The Morgan fingerprint density at radius 1 is 0.617 bits per heavy atom. The van der Waals surface area contributed by atoms with Crippen LogP contribution in [0.1, 0.15) is 78.4 Å². The Kier molecular flexibility index (Phi) is 14.2. The van der Waals surface area contributed by atoms with Gasteiger partial charge < -0.3 is 9.67 Å². The van der Waals surface area contributed by atoms with Gasteiger partial charge in [0.2, 0.25) is 0 Å².